The van der Waals surface area contributed by atoms with Crippen molar-refractivity contribution in [2.45, 2.75) is 0 Å². The van der Waals surface area contributed by atoms with Crippen molar-refractivity contribution in [3.8, 4) is 22.6 Å². The Morgan fingerprint density at radius 3 is 2.77 bits per heavy atom. The van der Waals surface area contributed by atoms with Crippen molar-refractivity contribution in [2.75, 3.05) is 12.8 Å². The SMILES string of the molecule is CN=Cc1c(-c2ccco2)cc(-c2cccc(Br)c2)nc1N. The number of hydrogen-bond acceptors (Lipinski definition) is 4. The van der Waals surface area contributed by atoms with Crippen LogP contribution >= 0.6 is 15.9 Å². The maximum atomic E-state index is 6.13. The van der Waals surface area contributed by atoms with E-state index in [0.717, 1.165) is 32.6 Å². The lowest BCUT2D eigenvalue weighted by atomic mass is 10.0. The Balaban J connectivity index is 2.23. The second-order valence-electron chi connectivity index (χ2n) is 4.73. The lowest BCUT2D eigenvalue weighted by molar-refractivity contribution is 0.582. The van der Waals surface area contributed by atoms with E-state index in [1.165, 1.54) is 0 Å². The molecule has 22 heavy (non-hydrogen) atoms. The number of halogens is 1. The molecule has 2 heterocycles. The molecule has 3 aromatic rings. The Hall–Kier alpha value is -2.40. The highest BCUT2D eigenvalue weighted by Crippen LogP contribution is 2.31. The number of aliphatic imine (C=N–C) groups is 1. The van der Waals surface area contributed by atoms with Crippen LogP contribution in [0.5, 0.6) is 0 Å². The van der Waals surface area contributed by atoms with Crippen LogP contribution in [0.2, 0.25) is 0 Å². The van der Waals surface area contributed by atoms with Crippen LogP contribution in [0.4, 0.5) is 5.82 Å². The summed E-state index contributed by atoms with van der Waals surface area (Å²) in [4.78, 5) is 8.56. The molecule has 1 aromatic carbocycles. The molecule has 0 spiro atoms. The minimum atomic E-state index is 0.425. The van der Waals surface area contributed by atoms with Crippen LogP contribution < -0.4 is 5.73 Å². The highest BCUT2D eigenvalue weighted by molar-refractivity contribution is 9.10. The van der Waals surface area contributed by atoms with Crippen molar-refractivity contribution >= 4 is 28.0 Å². The molecule has 110 valence electrons. The van der Waals surface area contributed by atoms with Crippen molar-refractivity contribution in [2.24, 2.45) is 4.99 Å². The number of nitrogens with zero attached hydrogens (tertiary/aromatic N) is 2. The Bertz CT molecular complexity index is 826. The van der Waals surface area contributed by atoms with Crippen LogP contribution in [-0.2, 0) is 0 Å². The molecule has 2 aromatic heterocycles. The summed E-state index contributed by atoms with van der Waals surface area (Å²) in [6.07, 6.45) is 3.34. The van der Waals surface area contributed by atoms with Crippen LogP contribution in [0, 0.1) is 0 Å². The maximum absolute atomic E-state index is 6.13. The van der Waals surface area contributed by atoms with Gasteiger partial charge < -0.3 is 10.2 Å². The minimum Gasteiger partial charge on any atom is -0.464 e. The van der Waals surface area contributed by atoms with Crippen molar-refractivity contribution < 1.29 is 4.42 Å². The molecular weight excluding hydrogens is 342 g/mol. The van der Waals surface area contributed by atoms with Crippen LogP contribution in [-0.4, -0.2) is 18.2 Å². The second kappa shape index (κ2) is 6.15. The van der Waals surface area contributed by atoms with E-state index in [1.807, 2.05) is 42.5 Å². The molecular formula is C17H14BrN3O. The minimum absolute atomic E-state index is 0.425. The van der Waals surface area contributed by atoms with Crippen LogP contribution in [0.3, 0.4) is 0 Å². The topological polar surface area (TPSA) is 64.4 Å². The molecule has 0 radical (unpaired) electrons. The molecule has 0 amide bonds. The van der Waals surface area contributed by atoms with Gasteiger partial charge >= 0.3 is 0 Å². The van der Waals surface area contributed by atoms with E-state index in [-0.39, 0.29) is 0 Å². The van der Waals surface area contributed by atoms with Gasteiger partial charge in [0.05, 0.1) is 12.0 Å². The smallest absolute Gasteiger partial charge is 0.134 e. The Labute approximate surface area is 136 Å². The first-order valence-electron chi connectivity index (χ1n) is 6.71. The number of benzene rings is 1. The lowest BCUT2D eigenvalue weighted by Crippen LogP contribution is -2.01. The van der Waals surface area contributed by atoms with Gasteiger partial charge in [-0.05, 0) is 30.3 Å². The van der Waals surface area contributed by atoms with Gasteiger partial charge in [-0.25, -0.2) is 4.98 Å². The van der Waals surface area contributed by atoms with Gasteiger partial charge in [0, 0.05) is 34.4 Å². The summed E-state index contributed by atoms with van der Waals surface area (Å²) in [6, 6.07) is 13.6. The van der Waals surface area contributed by atoms with E-state index in [1.54, 1.807) is 19.5 Å². The third-order valence-electron chi connectivity index (χ3n) is 3.25. The number of anilines is 1. The second-order valence-corrected chi connectivity index (χ2v) is 5.64. The highest BCUT2D eigenvalue weighted by Gasteiger charge is 2.14. The standard InChI is InChI=1S/C17H14BrN3O/c1-20-10-14-13(16-6-3-7-22-16)9-15(21-17(14)19)11-4-2-5-12(18)8-11/h2-10H,1H3,(H2,19,21). The number of aromatic nitrogens is 1. The summed E-state index contributed by atoms with van der Waals surface area (Å²) in [5, 5.41) is 0. The Morgan fingerprint density at radius 1 is 1.23 bits per heavy atom. The molecule has 0 aliphatic carbocycles. The summed E-state index contributed by atoms with van der Waals surface area (Å²) >= 11 is 3.48. The van der Waals surface area contributed by atoms with Gasteiger partial charge in [0.2, 0.25) is 0 Å². The molecule has 0 saturated carbocycles. The van der Waals surface area contributed by atoms with Crippen molar-refractivity contribution in [3.63, 3.8) is 0 Å². The normalized spacial score (nSPS) is 11.2. The zero-order chi connectivity index (χ0) is 15.5. The van der Waals surface area contributed by atoms with Gasteiger partial charge in [-0.1, -0.05) is 28.1 Å². The number of nitrogen functional groups attached to an aromatic ring is 1. The lowest BCUT2D eigenvalue weighted by Gasteiger charge is -2.10. The van der Waals surface area contributed by atoms with Crippen LogP contribution in [0.15, 0.2) is 62.6 Å². The molecule has 5 heteroatoms. The fraction of sp³-hybridized carbons (Fsp3) is 0.0588. The van der Waals surface area contributed by atoms with E-state index >= 15 is 0 Å². The maximum Gasteiger partial charge on any atom is 0.134 e. The van der Waals surface area contributed by atoms with Gasteiger partial charge in [-0.2, -0.15) is 0 Å². The monoisotopic (exact) mass is 355 g/mol. The summed E-state index contributed by atoms with van der Waals surface area (Å²) < 4.78 is 6.51. The fourth-order valence-corrected chi connectivity index (χ4v) is 2.67. The molecule has 0 aliphatic heterocycles. The fourth-order valence-electron chi connectivity index (χ4n) is 2.27. The quantitative estimate of drug-likeness (QED) is 0.708. The Kier molecular flexibility index (Phi) is 4.06. The zero-order valence-corrected chi connectivity index (χ0v) is 13.5. The summed E-state index contributed by atoms with van der Waals surface area (Å²) in [6.45, 7) is 0. The predicted molar refractivity (Wildman–Crippen MR) is 93.0 cm³/mol. The zero-order valence-electron chi connectivity index (χ0n) is 12.0. The third kappa shape index (κ3) is 2.80. The van der Waals surface area contributed by atoms with Crippen molar-refractivity contribution in [3.05, 3.63) is 58.8 Å². The molecule has 0 atom stereocenters. The van der Waals surface area contributed by atoms with Crippen LogP contribution in [0.1, 0.15) is 5.56 Å². The molecule has 3 rings (SSSR count). The summed E-state index contributed by atoms with van der Waals surface area (Å²) in [5.74, 6) is 1.16. The van der Waals surface area contributed by atoms with Gasteiger partial charge in [0.15, 0.2) is 0 Å². The average molecular weight is 356 g/mol. The van der Waals surface area contributed by atoms with Crippen molar-refractivity contribution in [1.82, 2.24) is 4.98 Å². The van der Waals surface area contributed by atoms with Crippen molar-refractivity contribution in [1.29, 1.82) is 0 Å². The molecule has 0 fully saturated rings. The number of hydrogen-bond donors (Lipinski definition) is 1. The van der Waals surface area contributed by atoms with E-state index in [0.29, 0.717) is 5.82 Å². The summed E-state index contributed by atoms with van der Waals surface area (Å²) in [5.41, 5.74) is 9.54. The van der Waals surface area contributed by atoms with E-state index in [9.17, 15) is 0 Å². The summed E-state index contributed by atoms with van der Waals surface area (Å²) in [7, 11) is 1.70. The Morgan fingerprint density at radius 2 is 2.09 bits per heavy atom. The first-order valence-corrected chi connectivity index (χ1v) is 7.51. The molecule has 0 bridgehead atoms. The van der Waals surface area contributed by atoms with E-state index < -0.39 is 0 Å². The molecule has 0 unspecified atom stereocenters. The van der Waals surface area contributed by atoms with E-state index in [2.05, 4.69) is 25.9 Å². The first kappa shape index (κ1) is 14.5. The largest absolute Gasteiger partial charge is 0.464 e. The molecule has 0 aliphatic rings. The molecule has 0 saturated heterocycles. The number of furan rings is 1. The van der Waals surface area contributed by atoms with Gasteiger partial charge in [0.25, 0.3) is 0 Å². The van der Waals surface area contributed by atoms with Gasteiger partial charge in [-0.3, -0.25) is 4.99 Å². The third-order valence-corrected chi connectivity index (χ3v) is 3.75. The molecule has 2 N–H and O–H groups in total. The van der Waals surface area contributed by atoms with Crippen LogP contribution in [0.25, 0.3) is 22.6 Å². The number of rotatable bonds is 3. The first-order chi connectivity index (χ1) is 10.7. The molecule has 4 nitrogen and oxygen atoms in total. The number of pyridine rings is 1. The predicted octanol–water partition coefficient (Wildman–Crippen LogP) is 4.40. The average Bonchev–Trinajstić information content (AvgIpc) is 3.03. The van der Waals surface area contributed by atoms with Gasteiger partial charge in [-0.15, -0.1) is 0 Å². The number of nitrogens with two attached hydrogens (primary N) is 1. The van der Waals surface area contributed by atoms with Gasteiger partial charge in [0.1, 0.15) is 11.6 Å². The highest BCUT2D eigenvalue weighted by atomic mass is 79.9. The van der Waals surface area contributed by atoms with E-state index in [4.69, 9.17) is 10.2 Å².